The Hall–Kier alpha value is -0.940. The van der Waals surface area contributed by atoms with Gasteiger partial charge in [0.15, 0.2) is 4.77 Å². The molecule has 0 fully saturated rings. The van der Waals surface area contributed by atoms with Crippen LogP contribution in [0.1, 0.15) is 17.8 Å². The summed E-state index contributed by atoms with van der Waals surface area (Å²) >= 11 is 6.88. The van der Waals surface area contributed by atoms with Crippen LogP contribution < -0.4 is 0 Å². The third-order valence-corrected chi connectivity index (χ3v) is 3.33. The van der Waals surface area contributed by atoms with Crippen molar-refractivity contribution >= 4 is 23.6 Å². The van der Waals surface area contributed by atoms with Crippen molar-refractivity contribution in [3.8, 4) is 0 Å². The van der Waals surface area contributed by atoms with Gasteiger partial charge in [-0.3, -0.25) is 5.10 Å². The highest BCUT2D eigenvalue weighted by Crippen LogP contribution is 2.17. The van der Waals surface area contributed by atoms with E-state index < -0.39 is 0 Å². The molecule has 0 saturated carbocycles. The van der Waals surface area contributed by atoms with E-state index in [0.29, 0.717) is 10.8 Å². The fourth-order valence-corrected chi connectivity index (χ4v) is 2.49. The second-order valence-corrected chi connectivity index (χ2v) is 4.62. The molecule has 0 spiro atoms. The quantitative estimate of drug-likeness (QED) is 0.815. The van der Waals surface area contributed by atoms with Gasteiger partial charge in [0.25, 0.3) is 0 Å². The Balaban J connectivity index is 2.14. The van der Waals surface area contributed by atoms with Gasteiger partial charge in [-0.25, -0.2) is 0 Å². The third-order valence-electron chi connectivity index (χ3n) is 2.13. The minimum atomic E-state index is 0.361. The van der Waals surface area contributed by atoms with Crippen LogP contribution in [0.2, 0.25) is 0 Å². The maximum atomic E-state index is 5.11. The molecule has 1 atom stereocenters. The number of hydrogen-bond donors (Lipinski definition) is 1. The van der Waals surface area contributed by atoms with Crippen LogP contribution in [-0.4, -0.2) is 14.8 Å². The van der Waals surface area contributed by atoms with Crippen molar-refractivity contribution < 1.29 is 0 Å². The zero-order valence-electron chi connectivity index (χ0n) is 7.80. The maximum Gasteiger partial charge on any atom is 0.195 e. The lowest BCUT2D eigenvalue weighted by Gasteiger charge is -2.10. The molecule has 2 heterocycles. The van der Waals surface area contributed by atoms with Gasteiger partial charge in [-0.1, -0.05) is 6.07 Å². The molecule has 0 aliphatic rings. The Kier molecular flexibility index (Phi) is 2.79. The number of hydrogen-bond acceptors (Lipinski definition) is 3. The van der Waals surface area contributed by atoms with Gasteiger partial charge in [0, 0.05) is 17.3 Å². The minimum Gasteiger partial charge on any atom is -0.304 e. The van der Waals surface area contributed by atoms with E-state index in [-0.39, 0.29) is 0 Å². The lowest BCUT2D eigenvalue weighted by Crippen LogP contribution is -2.06. The summed E-state index contributed by atoms with van der Waals surface area (Å²) in [7, 11) is 0. The highest BCUT2D eigenvalue weighted by Gasteiger charge is 2.07. The molecule has 0 bridgehead atoms. The van der Waals surface area contributed by atoms with Crippen molar-refractivity contribution in [1.82, 2.24) is 14.8 Å². The minimum absolute atomic E-state index is 0.361. The molecule has 3 nitrogen and oxygen atoms in total. The summed E-state index contributed by atoms with van der Waals surface area (Å²) in [6, 6.07) is 4.58. The van der Waals surface area contributed by atoms with E-state index in [9.17, 15) is 0 Å². The molecule has 0 aromatic carbocycles. The monoisotopic (exact) mass is 225 g/mol. The van der Waals surface area contributed by atoms with Gasteiger partial charge in [-0.2, -0.15) is 5.10 Å². The predicted molar refractivity (Wildman–Crippen MR) is 60.1 cm³/mol. The molecular formula is C9H11N3S2. The molecule has 2 aromatic heterocycles. The average molecular weight is 225 g/mol. The van der Waals surface area contributed by atoms with Crippen LogP contribution in [-0.2, 0) is 6.42 Å². The molecule has 1 N–H and O–H groups in total. The van der Waals surface area contributed by atoms with E-state index in [1.165, 1.54) is 4.88 Å². The number of thiophene rings is 1. The molecule has 1 unspecified atom stereocenters. The maximum absolute atomic E-state index is 5.11. The number of aromatic nitrogens is 3. The van der Waals surface area contributed by atoms with Crippen molar-refractivity contribution in [1.29, 1.82) is 0 Å². The van der Waals surface area contributed by atoms with Crippen molar-refractivity contribution in [3.05, 3.63) is 33.5 Å². The SMILES string of the molecule is CC(Cc1cccs1)n1cn[nH]c1=S. The molecule has 14 heavy (non-hydrogen) atoms. The third kappa shape index (κ3) is 1.93. The molecule has 0 amide bonds. The van der Waals surface area contributed by atoms with Gasteiger partial charge in [0.05, 0.1) is 0 Å². The summed E-state index contributed by atoms with van der Waals surface area (Å²) in [5.74, 6) is 0. The van der Waals surface area contributed by atoms with Gasteiger partial charge in [-0.15, -0.1) is 11.3 Å². The second kappa shape index (κ2) is 4.06. The van der Waals surface area contributed by atoms with Gasteiger partial charge in [0.2, 0.25) is 0 Å². The van der Waals surface area contributed by atoms with E-state index in [0.717, 1.165) is 6.42 Å². The van der Waals surface area contributed by atoms with Crippen LogP contribution in [0.4, 0.5) is 0 Å². The lowest BCUT2D eigenvalue weighted by atomic mass is 10.2. The molecular weight excluding hydrogens is 214 g/mol. The summed E-state index contributed by atoms with van der Waals surface area (Å²) < 4.78 is 2.67. The number of rotatable bonds is 3. The Labute approximate surface area is 91.4 Å². The zero-order valence-corrected chi connectivity index (χ0v) is 9.44. The fourth-order valence-electron chi connectivity index (χ4n) is 1.39. The molecule has 0 radical (unpaired) electrons. The van der Waals surface area contributed by atoms with Crippen molar-refractivity contribution in [2.75, 3.05) is 0 Å². The number of nitrogens with one attached hydrogen (secondary N) is 1. The first-order chi connectivity index (χ1) is 6.77. The van der Waals surface area contributed by atoms with Crippen LogP contribution >= 0.6 is 23.6 Å². The summed E-state index contributed by atoms with van der Waals surface area (Å²) in [5.41, 5.74) is 0. The van der Waals surface area contributed by atoms with E-state index in [2.05, 4.69) is 34.6 Å². The Morgan fingerprint density at radius 3 is 3.14 bits per heavy atom. The standard InChI is InChI=1S/C9H11N3S2/c1-7(5-8-3-2-4-14-8)12-6-10-11-9(12)13/h2-4,6-7H,5H2,1H3,(H,11,13). The second-order valence-electron chi connectivity index (χ2n) is 3.20. The van der Waals surface area contributed by atoms with Gasteiger partial charge in [-0.05, 0) is 30.6 Å². The predicted octanol–water partition coefficient (Wildman–Crippen LogP) is 2.81. The van der Waals surface area contributed by atoms with Crippen molar-refractivity contribution in [3.63, 3.8) is 0 Å². The molecule has 0 aliphatic heterocycles. The van der Waals surface area contributed by atoms with Crippen molar-refractivity contribution in [2.24, 2.45) is 0 Å². The first kappa shape index (κ1) is 9.61. The summed E-state index contributed by atoms with van der Waals surface area (Å²) in [4.78, 5) is 1.38. The Morgan fingerprint density at radius 2 is 2.57 bits per heavy atom. The van der Waals surface area contributed by atoms with Crippen molar-refractivity contribution in [2.45, 2.75) is 19.4 Å². The fraction of sp³-hybridized carbons (Fsp3) is 0.333. The first-order valence-electron chi connectivity index (χ1n) is 4.41. The normalized spacial score (nSPS) is 12.9. The largest absolute Gasteiger partial charge is 0.304 e. The van der Waals surface area contributed by atoms with Gasteiger partial charge >= 0.3 is 0 Å². The van der Waals surface area contributed by atoms with Gasteiger partial charge < -0.3 is 4.57 Å². The molecule has 0 saturated heterocycles. The van der Waals surface area contributed by atoms with E-state index >= 15 is 0 Å². The molecule has 74 valence electrons. The zero-order chi connectivity index (χ0) is 9.97. The Bertz CT molecular complexity index is 441. The first-order valence-corrected chi connectivity index (χ1v) is 5.70. The topological polar surface area (TPSA) is 33.6 Å². The molecule has 2 aromatic rings. The molecule has 2 rings (SSSR count). The highest BCUT2D eigenvalue weighted by atomic mass is 32.1. The number of aromatic amines is 1. The van der Waals surface area contributed by atoms with Crippen LogP contribution in [0.15, 0.2) is 23.8 Å². The van der Waals surface area contributed by atoms with E-state index in [4.69, 9.17) is 12.2 Å². The number of H-pyrrole nitrogens is 1. The van der Waals surface area contributed by atoms with Crippen LogP contribution in [0.5, 0.6) is 0 Å². The molecule has 0 aliphatic carbocycles. The summed E-state index contributed by atoms with van der Waals surface area (Å²) in [6.45, 7) is 2.14. The molecule has 5 heteroatoms. The number of nitrogens with zero attached hydrogens (tertiary/aromatic N) is 2. The van der Waals surface area contributed by atoms with Crippen LogP contribution in [0.25, 0.3) is 0 Å². The van der Waals surface area contributed by atoms with E-state index in [1.807, 2.05) is 4.57 Å². The summed E-state index contributed by atoms with van der Waals surface area (Å²) in [6.07, 6.45) is 2.76. The van der Waals surface area contributed by atoms with E-state index in [1.54, 1.807) is 17.7 Å². The summed E-state index contributed by atoms with van der Waals surface area (Å²) in [5, 5.41) is 8.76. The Morgan fingerprint density at radius 1 is 1.71 bits per heavy atom. The average Bonchev–Trinajstić information content (AvgIpc) is 2.75. The van der Waals surface area contributed by atoms with Crippen LogP contribution in [0, 0.1) is 4.77 Å². The van der Waals surface area contributed by atoms with Gasteiger partial charge in [0.1, 0.15) is 6.33 Å². The van der Waals surface area contributed by atoms with Crippen LogP contribution in [0.3, 0.4) is 0 Å². The lowest BCUT2D eigenvalue weighted by molar-refractivity contribution is 0.540. The smallest absolute Gasteiger partial charge is 0.195 e. The highest BCUT2D eigenvalue weighted by molar-refractivity contribution is 7.71.